The van der Waals surface area contributed by atoms with Crippen molar-refractivity contribution in [2.24, 2.45) is 5.92 Å². The number of hydrogen-bond acceptors (Lipinski definition) is 3. The van der Waals surface area contributed by atoms with Gasteiger partial charge in [-0.3, -0.25) is 4.79 Å². The molecule has 0 heterocycles. The highest BCUT2D eigenvalue weighted by molar-refractivity contribution is 6.11. The van der Waals surface area contributed by atoms with Crippen LogP contribution in [0.5, 0.6) is 0 Å². The Kier molecular flexibility index (Phi) is 4.61. The highest BCUT2D eigenvalue weighted by Crippen LogP contribution is 2.53. The summed E-state index contributed by atoms with van der Waals surface area (Å²) >= 11 is 0. The van der Waals surface area contributed by atoms with Crippen molar-refractivity contribution in [3.05, 3.63) is 82.4 Å². The number of benzene rings is 3. The maximum absolute atomic E-state index is 13.3. The van der Waals surface area contributed by atoms with Crippen LogP contribution >= 0.6 is 0 Å². The Morgan fingerprint density at radius 2 is 1.23 bits per heavy atom. The number of methoxy groups -OCH3 is 1. The molecular formula is C27H28O3. The van der Waals surface area contributed by atoms with E-state index in [0.29, 0.717) is 17.0 Å². The van der Waals surface area contributed by atoms with Crippen molar-refractivity contribution < 1.29 is 14.3 Å². The SMILES string of the molecule is COC(=O)c1ccc2cc(C(=O)c3ccc4c(c3)C(C)(C)C(C)C4(C)C)ccc2c1. The van der Waals surface area contributed by atoms with Crippen molar-refractivity contribution in [1.82, 2.24) is 0 Å². The van der Waals surface area contributed by atoms with Gasteiger partial charge in [0.05, 0.1) is 12.7 Å². The van der Waals surface area contributed by atoms with E-state index < -0.39 is 0 Å². The standard InChI is InChI=1S/C27H28O3/c1-16-26(2,3)22-12-11-20(15-23(22)27(16,4)5)24(28)19-9-7-18-14-21(25(29)30-6)10-8-17(18)13-19/h7-16H,1-6H3. The van der Waals surface area contributed by atoms with Crippen LogP contribution in [0.3, 0.4) is 0 Å². The van der Waals surface area contributed by atoms with Crippen LogP contribution in [0.4, 0.5) is 0 Å². The molecule has 1 atom stereocenters. The minimum absolute atomic E-state index is 0.0167. The van der Waals surface area contributed by atoms with Crippen molar-refractivity contribution in [3.8, 4) is 0 Å². The van der Waals surface area contributed by atoms with Crippen LogP contribution in [-0.2, 0) is 15.6 Å². The van der Waals surface area contributed by atoms with Crippen LogP contribution < -0.4 is 0 Å². The molecule has 0 N–H and O–H groups in total. The Morgan fingerprint density at radius 1 is 0.733 bits per heavy atom. The topological polar surface area (TPSA) is 43.4 Å². The number of ether oxygens (including phenoxy) is 1. The van der Waals surface area contributed by atoms with Gasteiger partial charge in [0.2, 0.25) is 0 Å². The van der Waals surface area contributed by atoms with Gasteiger partial charge in [-0.1, -0.05) is 65.0 Å². The minimum atomic E-state index is -0.366. The Bertz CT molecular complexity index is 1180. The average Bonchev–Trinajstić information content (AvgIpc) is 2.88. The fourth-order valence-corrected chi connectivity index (χ4v) is 4.95. The van der Waals surface area contributed by atoms with E-state index in [1.54, 1.807) is 12.1 Å². The molecule has 3 heteroatoms. The minimum Gasteiger partial charge on any atom is -0.465 e. The first-order valence-electron chi connectivity index (χ1n) is 10.4. The molecule has 154 valence electrons. The number of carbonyl (C=O) groups excluding carboxylic acids is 2. The zero-order chi connectivity index (χ0) is 21.8. The number of fused-ring (bicyclic) bond motifs is 2. The summed E-state index contributed by atoms with van der Waals surface area (Å²) in [5.74, 6) is 0.134. The van der Waals surface area contributed by atoms with Crippen molar-refractivity contribution in [1.29, 1.82) is 0 Å². The molecule has 0 bridgehead atoms. The Morgan fingerprint density at radius 3 is 1.87 bits per heavy atom. The molecule has 0 amide bonds. The van der Waals surface area contributed by atoms with Crippen molar-refractivity contribution in [2.75, 3.05) is 7.11 Å². The van der Waals surface area contributed by atoms with Gasteiger partial charge in [-0.25, -0.2) is 4.79 Å². The second-order valence-corrected chi connectivity index (χ2v) is 9.52. The third-order valence-corrected chi connectivity index (χ3v) is 7.36. The Balaban J connectivity index is 1.73. The van der Waals surface area contributed by atoms with Gasteiger partial charge in [-0.05, 0) is 62.9 Å². The van der Waals surface area contributed by atoms with Crippen LogP contribution in [0, 0.1) is 5.92 Å². The third-order valence-electron chi connectivity index (χ3n) is 7.36. The van der Waals surface area contributed by atoms with E-state index in [4.69, 9.17) is 4.74 Å². The molecular weight excluding hydrogens is 372 g/mol. The van der Waals surface area contributed by atoms with E-state index in [9.17, 15) is 9.59 Å². The summed E-state index contributed by atoms with van der Waals surface area (Å²) in [6.45, 7) is 11.4. The summed E-state index contributed by atoms with van der Waals surface area (Å²) in [4.78, 5) is 25.0. The predicted octanol–water partition coefficient (Wildman–Crippen LogP) is 6.06. The summed E-state index contributed by atoms with van der Waals surface area (Å²) in [6.07, 6.45) is 0. The van der Waals surface area contributed by atoms with E-state index in [1.807, 2.05) is 30.3 Å². The van der Waals surface area contributed by atoms with Gasteiger partial charge in [0.15, 0.2) is 5.78 Å². The van der Waals surface area contributed by atoms with Crippen LogP contribution in [0.25, 0.3) is 10.8 Å². The molecule has 4 rings (SSSR count). The molecule has 3 aromatic rings. The summed E-state index contributed by atoms with van der Waals surface area (Å²) in [7, 11) is 1.37. The maximum Gasteiger partial charge on any atom is 0.337 e. The average molecular weight is 401 g/mol. The first-order valence-corrected chi connectivity index (χ1v) is 10.4. The number of esters is 1. The van der Waals surface area contributed by atoms with Gasteiger partial charge in [0, 0.05) is 11.1 Å². The fourth-order valence-electron chi connectivity index (χ4n) is 4.95. The van der Waals surface area contributed by atoms with Crippen molar-refractivity contribution >= 4 is 22.5 Å². The van der Waals surface area contributed by atoms with E-state index in [2.05, 4.69) is 46.8 Å². The van der Waals surface area contributed by atoms with Gasteiger partial charge in [-0.2, -0.15) is 0 Å². The first kappa shape index (κ1) is 20.3. The smallest absolute Gasteiger partial charge is 0.337 e. The molecule has 1 aliphatic rings. The van der Waals surface area contributed by atoms with Gasteiger partial charge < -0.3 is 4.74 Å². The third kappa shape index (κ3) is 2.96. The molecule has 0 radical (unpaired) electrons. The molecule has 3 nitrogen and oxygen atoms in total. The van der Waals surface area contributed by atoms with E-state index >= 15 is 0 Å². The highest BCUT2D eigenvalue weighted by atomic mass is 16.5. The Labute approximate surface area is 178 Å². The lowest BCUT2D eigenvalue weighted by Gasteiger charge is -2.32. The monoisotopic (exact) mass is 400 g/mol. The second-order valence-electron chi connectivity index (χ2n) is 9.52. The lowest BCUT2D eigenvalue weighted by atomic mass is 9.71. The zero-order valence-electron chi connectivity index (χ0n) is 18.5. The first-order chi connectivity index (χ1) is 14.1. The predicted molar refractivity (Wildman–Crippen MR) is 120 cm³/mol. The number of carbonyl (C=O) groups is 2. The molecule has 0 saturated carbocycles. The summed E-state index contributed by atoms with van der Waals surface area (Å²) in [5, 5.41) is 1.82. The number of rotatable bonds is 3. The van der Waals surface area contributed by atoms with Crippen molar-refractivity contribution in [2.45, 2.75) is 45.4 Å². The molecule has 1 unspecified atom stereocenters. The molecule has 0 spiro atoms. The summed E-state index contributed by atoms with van der Waals surface area (Å²) in [5.41, 5.74) is 4.58. The highest BCUT2D eigenvalue weighted by Gasteiger charge is 2.48. The van der Waals surface area contributed by atoms with Crippen molar-refractivity contribution in [3.63, 3.8) is 0 Å². The summed E-state index contributed by atoms with van der Waals surface area (Å²) in [6, 6.07) is 17.2. The van der Waals surface area contributed by atoms with Crippen LogP contribution in [0.1, 0.15) is 72.0 Å². The molecule has 0 saturated heterocycles. The van der Waals surface area contributed by atoms with Gasteiger partial charge in [0.1, 0.15) is 0 Å². The van der Waals surface area contributed by atoms with Crippen LogP contribution in [0.15, 0.2) is 54.6 Å². The largest absolute Gasteiger partial charge is 0.465 e. The van der Waals surface area contributed by atoms with E-state index in [-0.39, 0.29) is 22.6 Å². The Hall–Kier alpha value is -2.94. The van der Waals surface area contributed by atoms with Gasteiger partial charge >= 0.3 is 5.97 Å². The zero-order valence-corrected chi connectivity index (χ0v) is 18.5. The van der Waals surface area contributed by atoms with Gasteiger partial charge in [0.25, 0.3) is 0 Å². The molecule has 0 aromatic heterocycles. The lowest BCUT2D eigenvalue weighted by molar-refractivity contribution is 0.0600. The number of hydrogen-bond donors (Lipinski definition) is 0. The molecule has 30 heavy (non-hydrogen) atoms. The normalized spacial score (nSPS) is 18.8. The van der Waals surface area contributed by atoms with Crippen LogP contribution in [0.2, 0.25) is 0 Å². The molecule has 0 fully saturated rings. The van der Waals surface area contributed by atoms with Crippen LogP contribution in [-0.4, -0.2) is 18.9 Å². The van der Waals surface area contributed by atoms with E-state index in [1.165, 1.54) is 18.2 Å². The lowest BCUT2D eigenvalue weighted by Crippen LogP contribution is -2.30. The van der Waals surface area contributed by atoms with E-state index in [0.717, 1.165) is 16.3 Å². The molecule has 3 aromatic carbocycles. The quantitative estimate of drug-likeness (QED) is 0.396. The number of ketones is 1. The second kappa shape index (κ2) is 6.80. The van der Waals surface area contributed by atoms with Gasteiger partial charge in [-0.15, -0.1) is 0 Å². The maximum atomic E-state index is 13.3. The molecule has 1 aliphatic carbocycles. The summed E-state index contributed by atoms with van der Waals surface area (Å²) < 4.78 is 4.79. The fraction of sp³-hybridized carbons (Fsp3) is 0.333. The molecule has 0 aliphatic heterocycles.